The Balaban J connectivity index is 1.47. The third-order valence-electron chi connectivity index (χ3n) is 6.47. The number of fused-ring (bicyclic) bond motifs is 1. The second-order valence-corrected chi connectivity index (χ2v) is 12.0. The molecular formula is C24H26F3N7O5S. The van der Waals surface area contributed by atoms with Crippen LogP contribution in [0, 0.1) is 5.82 Å². The summed E-state index contributed by atoms with van der Waals surface area (Å²) in [7, 11) is -3.36. The van der Waals surface area contributed by atoms with Crippen molar-refractivity contribution in [2.45, 2.75) is 31.7 Å². The molecule has 2 aromatic heterocycles. The molecule has 2 aliphatic rings. The number of aliphatic imine (C=N–C) groups is 1. The zero-order chi connectivity index (χ0) is 28.5. The number of hydrogen-bond donors (Lipinski definition) is 4. The van der Waals surface area contributed by atoms with Gasteiger partial charge in [-0.25, -0.2) is 37.6 Å². The van der Waals surface area contributed by atoms with Gasteiger partial charge in [-0.05, 0) is 38.0 Å². The van der Waals surface area contributed by atoms with Crippen LogP contribution in [0.3, 0.4) is 0 Å². The molecule has 0 aliphatic carbocycles. The number of aromatic nitrogens is 3. The van der Waals surface area contributed by atoms with Crippen LogP contribution in [-0.4, -0.2) is 72.7 Å². The number of hydrogen-bond acceptors (Lipinski definition) is 8. The van der Waals surface area contributed by atoms with E-state index in [2.05, 4.69) is 30.2 Å². The van der Waals surface area contributed by atoms with Crippen LogP contribution in [0.1, 0.15) is 25.3 Å². The predicted molar refractivity (Wildman–Crippen MR) is 139 cm³/mol. The minimum Gasteiger partial charge on any atom is -0.470 e. The smallest absolute Gasteiger partial charge is 0.411 e. The van der Waals surface area contributed by atoms with E-state index in [0.717, 1.165) is 6.42 Å². The highest BCUT2D eigenvalue weighted by Crippen LogP contribution is 2.38. The van der Waals surface area contributed by atoms with E-state index in [1.54, 1.807) is 13.0 Å². The molecule has 0 spiro atoms. The fourth-order valence-electron chi connectivity index (χ4n) is 4.66. The van der Waals surface area contributed by atoms with Crippen molar-refractivity contribution in [3.63, 3.8) is 0 Å². The molecule has 1 atom stereocenters. The number of halogens is 3. The summed E-state index contributed by atoms with van der Waals surface area (Å²) in [5.74, 6) is -0.615. The predicted octanol–water partition coefficient (Wildman–Crippen LogP) is 2.97. The van der Waals surface area contributed by atoms with Crippen LogP contribution in [0.25, 0.3) is 22.7 Å². The SMILES string of the molecule is C[C@@]1(c2cc(-c3cc(-c4cnc(OCC(F)F)cn4)no3)ccc2F)C[SH]2(=O)NCCCCN2C(NC(=O)O)=N1. The van der Waals surface area contributed by atoms with Crippen molar-refractivity contribution in [3.05, 3.63) is 48.0 Å². The first-order chi connectivity index (χ1) is 19.1. The molecule has 0 bridgehead atoms. The zero-order valence-electron chi connectivity index (χ0n) is 21.2. The lowest BCUT2D eigenvalue weighted by molar-refractivity contribution is 0.0794. The molecule has 2 aliphatic heterocycles. The molecule has 4 heterocycles. The molecule has 3 N–H and O–H groups in total. The third kappa shape index (κ3) is 5.62. The number of carboxylic acid groups (broad SMARTS) is 1. The molecule has 16 heteroatoms. The normalized spacial score (nSPS) is 21.2. The molecule has 5 rings (SSSR count). The summed E-state index contributed by atoms with van der Waals surface area (Å²) < 4.78 is 68.8. The van der Waals surface area contributed by atoms with Gasteiger partial charge in [-0.15, -0.1) is 0 Å². The molecule has 0 unspecified atom stereocenters. The lowest BCUT2D eigenvalue weighted by Gasteiger charge is -2.46. The van der Waals surface area contributed by atoms with Gasteiger partial charge in [-0.1, -0.05) is 5.16 Å². The van der Waals surface area contributed by atoms with Crippen LogP contribution in [0.5, 0.6) is 5.88 Å². The summed E-state index contributed by atoms with van der Waals surface area (Å²) in [5.41, 5.74) is -0.296. The van der Waals surface area contributed by atoms with Crippen LogP contribution in [0.2, 0.25) is 0 Å². The third-order valence-corrected chi connectivity index (χ3v) is 9.40. The van der Waals surface area contributed by atoms with E-state index in [4.69, 9.17) is 9.26 Å². The lowest BCUT2D eigenvalue weighted by Crippen LogP contribution is -2.61. The number of thiol groups is 1. The summed E-state index contributed by atoms with van der Waals surface area (Å²) in [6, 6.07) is 5.73. The Morgan fingerprint density at radius 1 is 1.27 bits per heavy atom. The van der Waals surface area contributed by atoms with Crippen LogP contribution >= 0.6 is 0 Å². The number of ether oxygens (including phenoxy) is 1. The molecule has 3 aromatic rings. The summed E-state index contributed by atoms with van der Waals surface area (Å²) in [5, 5.41) is 15.6. The van der Waals surface area contributed by atoms with Gasteiger partial charge in [-0.2, -0.15) is 0 Å². The van der Waals surface area contributed by atoms with Crippen molar-refractivity contribution < 1.29 is 36.5 Å². The molecule has 1 fully saturated rings. The van der Waals surface area contributed by atoms with Crippen molar-refractivity contribution in [1.29, 1.82) is 0 Å². The Bertz CT molecular complexity index is 1490. The molecule has 0 radical (unpaired) electrons. The van der Waals surface area contributed by atoms with Crippen molar-refractivity contribution in [2.24, 2.45) is 4.99 Å². The standard InChI is InChI=1S/C24H26F3N7O5S/c1-24(13-40(37)30-6-2-3-7-34(40)22(32-24)31-23(35)36)15-8-14(4-5-16(15)25)19-9-17(33-39-19)18-10-29-21(11-28-18)38-12-20(26)27/h4-5,8-11,20,40H,2-3,6-7,12-13H2,1H3,(H,30,37)(H,31,32)(H,35,36)/t24-/m0/s1. The minimum absolute atomic E-state index is 0.0671. The number of guanidine groups is 1. The van der Waals surface area contributed by atoms with Gasteiger partial charge in [0.05, 0.1) is 18.1 Å². The van der Waals surface area contributed by atoms with Crippen molar-refractivity contribution in [2.75, 3.05) is 25.4 Å². The Morgan fingerprint density at radius 2 is 2.10 bits per heavy atom. The molecule has 1 aromatic carbocycles. The van der Waals surface area contributed by atoms with Gasteiger partial charge < -0.3 is 14.4 Å². The Labute approximate surface area is 227 Å². The quantitative estimate of drug-likeness (QED) is 0.324. The number of carbonyl (C=O) groups is 1. The van der Waals surface area contributed by atoms with E-state index >= 15 is 4.39 Å². The number of rotatable bonds is 6. The van der Waals surface area contributed by atoms with Crippen LogP contribution in [0.15, 0.2) is 46.2 Å². The monoisotopic (exact) mass is 581 g/mol. The fourth-order valence-corrected chi connectivity index (χ4v) is 7.56. The first kappa shape index (κ1) is 27.5. The Morgan fingerprint density at radius 3 is 2.83 bits per heavy atom. The van der Waals surface area contributed by atoms with Crippen LogP contribution in [0.4, 0.5) is 18.0 Å². The second kappa shape index (κ2) is 10.8. The summed E-state index contributed by atoms with van der Waals surface area (Å²) in [6.07, 6.45) is -0.133. The highest BCUT2D eigenvalue weighted by molar-refractivity contribution is 7.99. The number of nitrogens with one attached hydrogen (secondary N) is 2. The van der Waals surface area contributed by atoms with Crippen molar-refractivity contribution >= 4 is 22.4 Å². The van der Waals surface area contributed by atoms with E-state index in [1.165, 1.54) is 34.9 Å². The molecule has 12 nitrogen and oxygen atoms in total. The Hall–Kier alpha value is -4.05. The summed E-state index contributed by atoms with van der Waals surface area (Å²) in [6.45, 7) is 1.59. The molecular weight excluding hydrogens is 555 g/mol. The van der Waals surface area contributed by atoms with E-state index < -0.39 is 40.8 Å². The van der Waals surface area contributed by atoms with Gasteiger partial charge in [-0.3, -0.25) is 13.8 Å². The maximum Gasteiger partial charge on any atom is 0.411 e. The molecule has 1 amide bonds. The van der Waals surface area contributed by atoms with E-state index in [9.17, 15) is 22.9 Å². The highest BCUT2D eigenvalue weighted by atomic mass is 32.3. The number of alkyl halides is 2. The maximum absolute atomic E-state index is 15.3. The molecule has 0 saturated carbocycles. The minimum atomic E-state index is -3.36. The maximum atomic E-state index is 15.3. The first-order valence-electron chi connectivity index (χ1n) is 12.3. The van der Waals surface area contributed by atoms with Crippen molar-refractivity contribution in [1.82, 2.24) is 29.5 Å². The van der Waals surface area contributed by atoms with E-state index in [1.807, 2.05) is 0 Å². The van der Waals surface area contributed by atoms with Crippen LogP contribution in [-0.2, 0) is 15.8 Å². The highest BCUT2D eigenvalue weighted by Gasteiger charge is 2.44. The van der Waals surface area contributed by atoms with Gasteiger partial charge in [0.2, 0.25) is 11.8 Å². The van der Waals surface area contributed by atoms with E-state index in [-0.39, 0.29) is 40.3 Å². The Kier molecular flexibility index (Phi) is 7.46. The van der Waals surface area contributed by atoms with Gasteiger partial charge >= 0.3 is 6.09 Å². The average Bonchev–Trinajstić information content (AvgIpc) is 3.30. The average molecular weight is 582 g/mol. The first-order valence-corrected chi connectivity index (χ1v) is 14.1. The summed E-state index contributed by atoms with van der Waals surface area (Å²) in [4.78, 5) is 24.1. The largest absolute Gasteiger partial charge is 0.470 e. The fraction of sp³-hybridized carbons (Fsp3) is 0.375. The van der Waals surface area contributed by atoms with Gasteiger partial charge in [0.25, 0.3) is 6.43 Å². The zero-order valence-corrected chi connectivity index (χ0v) is 22.1. The van der Waals surface area contributed by atoms with E-state index in [0.29, 0.717) is 25.1 Å². The topological polar surface area (TPSA) is 155 Å². The second-order valence-electron chi connectivity index (χ2n) is 9.45. The summed E-state index contributed by atoms with van der Waals surface area (Å²) >= 11 is 0. The van der Waals surface area contributed by atoms with Gasteiger partial charge in [0.1, 0.15) is 22.7 Å². The lowest BCUT2D eigenvalue weighted by atomic mass is 9.92. The molecule has 214 valence electrons. The number of nitrogens with zero attached hydrogens (tertiary/aromatic N) is 5. The molecule has 1 saturated heterocycles. The van der Waals surface area contributed by atoms with Gasteiger partial charge in [0.15, 0.2) is 12.4 Å². The number of amides is 1. The van der Waals surface area contributed by atoms with Crippen LogP contribution < -0.4 is 14.8 Å². The van der Waals surface area contributed by atoms with Gasteiger partial charge in [0, 0.05) is 40.6 Å². The van der Waals surface area contributed by atoms with Crippen molar-refractivity contribution in [3.8, 4) is 28.6 Å². The number of benzene rings is 1. The molecule has 40 heavy (non-hydrogen) atoms.